The van der Waals surface area contributed by atoms with Gasteiger partial charge in [-0.05, 0) is 70.8 Å². The zero-order valence-electron chi connectivity index (χ0n) is 16.1. The summed E-state index contributed by atoms with van der Waals surface area (Å²) in [5, 5.41) is 9.59. The second kappa shape index (κ2) is 7.64. The van der Waals surface area contributed by atoms with E-state index in [0.29, 0.717) is 13.1 Å². The van der Waals surface area contributed by atoms with E-state index in [1.807, 2.05) is 43.3 Å². The van der Waals surface area contributed by atoms with Crippen LogP contribution in [0.4, 0.5) is 0 Å². The highest BCUT2D eigenvalue weighted by Gasteiger charge is 2.32. The minimum atomic E-state index is 0.0701. The lowest BCUT2D eigenvalue weighted by molar-refractivity contribution is 0.0379. The van der Waals surface area contributed by atoms with Crippen molar-refractivity contribution in [3.63, 3.8) is 0 Å². The summed E-state index contributed by atoms with van der Waals surface area (Å²) in [6.07, 6.45) is 0.838. The van der Waals surface area contributed by atoms with Gasteiger partial charge in [0.05, 0.1) is 0 Å². The predicted octanol–water partition coefficient (Wildman–Crippen LogP) is 2.48. The monoisotopic (exact) mass is 355 g/mol. The fraction of sp³-hybridized carbons (Fsp3) is 0.476. The van der Waals surface area contributed by atoms with Crippen molar-refractivity contribution in [3.8, 4) is 5.69 Å². The number of likely N-dealkylation sites (tertiary alicyclic amines) is 1. The topological polar surface area (TPSA) is 48.7 Å². The molecule has 0 radical (unpaired) electrons. The fourth-order valence-corrected chi connectivity index (χ4v) is 3.97. The molecule has 0 spiro atoms. The molecule has 0 bridgehead atoms. The third-order valence-electron chi connectivity index (χ3n) is 5.55. The van der Waals surface area contributed by atoms with Crippen molar-refractivity contribution >= 4 is 5.91 Å². The van der Waals surface area contributed by atoms with Crippen LogP contribution in [-0.2, 0) is 0 Å². The maximum Gasteiger partial charge on any atom is 0.253 e. The summed E-state index contributed by atoms with van der Waals surface area (Å²) < 4.78 is 2.18. The van der Waals surface area contributed by atoms with E-state index in [2.05, 4.69) is 35.4 Å². The summed E-state index contributed by atoms with van der Waals surface area (Å²) >= 11 is 0. The van der Waals surface area contributed by atoms with Gasteiger partial charge in [0.15, 0.2) is 0 Å². The van der Waals surface area contributed by atoms with Gasteiger partial charge in [0.1, 0.15) is 0 Å². The number of carbonyl (C=O) groups excluding carboxylic acids is 1. The second-order valence-corrected chi connectivity index (χ2v) is 7.51. The molecule has 5 heteroatoms. The number of aryl methyl sites for hydroxylation is 2. The van der Waals surface area contributed by atoms with Crippen molar-refractivity contribution in [2.75, 3.05) is 33.8 Å². The number of piperidine rings is 1. The molecule has 1 N–H and O–H groups in total. The van der Waals surface area contributed by atoms with Gasteiger partial charge in [0.2, 0.25) is 0 Å². The normalized spacial score (nSPS) is 20.6. The van der Waals surface area contributed by atoms with Crippen LogP contribution in [0.1, 0.15) is 28.2 Å². The van der Waals surface area contributed by atoms with Crippen LogP contribution in [0.25, 0.3) is 5.69 Å². The maximum absolute atomic E-state index is 12.9. The van der Waals surface area contributed by atoms with Crippen LogP contribution < -0.4 is 0 Å². The first-order valence-electron chi connectivity index (χ1n) is 9.24. The van der Waals surface area contributed by atoms with Crippen LogP contribution in [0.15, 0.2) is 36.4 Å². The molecular formula is C21H29N3O2. The summed E-state index contributed by atoms with van der Waals surface area (Å²) in [5.41, 5.74) is 4.16. The van der Waals surface area contributed by atoms with E-state index < -0.39 is 0 Å². The van der Waals surface area contributed by atoms with Gasteiger partial charge in [-0.3, -0.25) is 4.79 Å². The lowest BCUT2D eigenvalue weighted by Crippen LogP contribution is -2.53. The van der Waals surface area contributed by atoms with Crippen LogP contribution in [0.2, 0.25) is 0 Å². The molecule has 1 aromatic carbocycles. The highest BCUT2D eigenvalue weighted by Crippen LogP contribution is 2.23. The van der Waals surface area contributed by atoms with Gasteiger partial charge in [0.25, 0.3) is 5.91 Å². The number of amides is 1. The Kier molecular flexibility index (Phi) is 5.49. The molecule has 1 aromatic heterocycles. The third-order valence-corrected chi connectivity index (χ3v) is 5.55. The number of aliphatic hydroxyl groups excluding tert-OH is 1. The molecule has 0 saturated carbocycles. The fourth-order valence-electron chi connectivity index (χ4n) is 3.97. The number of rotatable bonds is 4. The van der Waals surface area contributed by atoms with Crippen LogP contribution >= 0.6 is 0 Å². The molecule has 26 heavy (non-hydrogen) atoms. The SMILES string of the molecule is Cc1ccc(C)n1-c1ccc(C(=O)N2CCC(CO)C(N(C)C)C2)cc1. The van der Waals surface area contributed by atoms with Gasteiger partial charge in [-0.25, -0.2) is 0 Å². The van der Waals surface area contributed by atoms with E-state index in [0.717, 1.165) is 17.7 Å². The minimum absolute atomic E-state index is 0.0701. The third kappa shape index (κ3) is 3.55. The van der Waals surface area contributed by atoms with Crippen molar-refractivity contribution in [1.82, 2.24) is 14.4 Å². The van der Waals surface area contributed by atoms with Gasteiger partial charge in [-0.1, -0.05) is 0 Å². The average Bonchev–Trinajstić information content (AvgIpc) is 2.99. The standard InChI is InChI=1S/C21H29N3O2/c1-15-5-6-16(2)24(15)19-9-7-17(8-10-19)21(26)23-12-11-18(14-25)20(13-23)22(3)4/h5-10,18,20,25H,11-14H2,1-4H3. The Morgan fingerprint density at radius 2 is 1.73 bits per heavy atom. The first-order valence-corrected chi connectivity index (χ1v) is 9.24. The molecule has 5 nitrogen and oxygen atoms in total. The molecule has 2 atom stereocenters. The molecule has 2 aromatic rings. The number of carbonyl (C=O) groups is 1. The molecule has 2 unspecified atom stereocenters. The molecular weight excluding hydrogens is 326 g/mol. The zero-order chi connectivity index (χ0) is 18.8. The Bertz CT molecular complexity index is 745. The highest BCUT2D eigenvalue weighted by atomic mass is 16.3. The molecule has 1 saturated heterocycles. The summed E-state index contributed by atoms with van der Waals surface area (Å²) in [5.74, 6) is 0.303. The Morgan fingerprint density at radius 1 is 1.12 bits per heavy atom. The van der Waals surface area contributed by atoms with Gasteiger partial charge in [0, 0.05) is 54.3 Å². The van der Waals surface area contributed by atoms with Gasteiger partial charge >= 0.3 is 0 Å². The summed E-state index contributed by atoms with van der Waals surface area (Å²) in [4.78, 5) is 17.0. The Balaban J connectivity index is 1.76. The van der Waals surface area contributed by atoms with Crippen LogP contribution in [0, 0.1) is 19.8 Å². The summed E-state index contributed by atoms with van der Waals surface area (Å²) in [7, 11) is 4.02. The quantitative estimate of drug-likeness (QED) is 0.917. The highest BCUT2D eigenvalue weighted by molar-refractivity contribution is 5.94. The molecule has 0 aliphatic carbocycles. The molecule has 1 aliphatic heterocycles. The zero-order valence-corrected chi connectivity index (χ0v) is 16.1. The number of hydrogen-bond donors (Lipinski definition) is 1. The van der Waals surface area contributed by atoms with Crippen molar-refractivity contribution in [2.45, 2.75) is 26.3 Å². The minimum Gasteiger partial charge on any atom is -0.396 e. The first-order chi connectivity index (χ1) is 12.4. The molecule has 140 valence electrons. The lowest BCUT2D eigenvalue weighted by Gasteiger charge is -2.41. The van der Waals surface area contributed by atoms with E-state index in [-0.39, 0.29) is 24.5 Å². The lowest BCUT2D eigenvalue weighted by atomic mass is 9.91. The number of likely N-dealkylation sites (N-methyl/N-ethyl adjacent to an activating group) is 1. The predicted molar refractivity (Wildman–Crippen MR) is 104 cm³/mol. The maximum atomic E-state index is 12.9. The molecule has 3 rings (SSSR count). The molecule has 1 fully saturated rings. The van der Waals surface area contributed by atoms with E-state index in [1.54, 1.807) is 0 Å². The number of nitrogens with zero attached hydrogens (tertiary/aromatic N) is 3. The smallest absolute Gasteiger partial charge is 0.253 e. The number of aliphatic hydroxyl groups is 1. The summed E-state index contributed by atoms with van der Waals surface area (Å²) in [6, 6.07) is 12.2. The summed E-state index contributed by atoms with van der Waals surface area (Å²) in [6.45, 7) is 5.70. The van der Waals surface area contributed by atoms with Gasteiger partial charge in [-0.2, -0.15) is 0 Å². The van der Waals surface area contributed by atoms with E-state index >= 15 is 0 Å². The second-order valence-electron chi connectivity index (χ2n) is 7.51. The van der Waals surface area contributed by atoms with Crippen LogP contribution in [-0.4, -0.2) is 65.2 Å². The van der Waals surface area contributed by atoms with Crippen LogP contribution in [0.3, 0.4) is 0 Å². The van der Waals surface area contributed by atoms with E-state index in [1.165, 1.54) is 11.4 Å². The molecule has 2 heterocycles. The Labute approximate surface area is 155 Å². The van der Waals surface area contributed by atoms with E-state index in [9.17, 15) is 9.90 Å². The number of hydrogen-bond acceptors (Lipinski definition) is 3. The molecule has 1 amide bonds. The molecule has 1 aliphatic rings. The van der Waals surface area contributed by atoms with Crippen molar-refractivity contribution in [2.24, 2.45) is 5.92 Å². The van der Waals surface area contributed by atoms with Crippen molar-refractivity contribution in [1.29, 1.82) is 0 Å². The Morgan fingerprint density at radius 3 is 2.27 bits per heavy atom. The van der Waals surface area contributed by atoms with Gasteiger partial charge < -0.3 is 19.5 Å². The average molecular weight is 355 g/mol. The first kappa shape index (κ1) is 18.7. The van der Waals surface area contributed by atoms with Crippen LogP contribution in [0.5, 0.6) is 0 Å². The van der Waals surface area contributed by atoms with E-state index in [4.69, 9.17) is 0 Å². The largest absolute Gasteiger partial charge is 0.396 e. The van der Waals surface area contributed by atoms with Gasteiger partial charge in [-0.15, -0.1) is 0 Å². The number of benzene rings is 1. The van der Waals surface area contributed by atoms with Crippen molar-refractivity contribution in [3.05, 3.63) is 53.3 Å². The van der Waals surface area contributed by atoms with Crippen molar-refractivity contribution < 1.29 is 9.90 Å². The Hall–Kier alpha value is -2.11. The number of aromatic nitrogens is 1.